The molecule has 0 saturated carbocycles. The van der Waals surface area contributed by atoms with Gasteiger partial charge in [-0.05, 0) is 25.1 Å². The molecule has 106 valence electrons. The van der Waals surface area contributed by atoms with Crippen molar-refractivity contribution in [1.82, 2.24) is 4.98 Å². The number of thiazole rings is 1. The molecule has 0 aliphatic rings. The Morgan fingerprint density at radius 2 is 2.10 bits per heavy atom. The normalized spacial score (nSPS) is 11.3. The number of aryl methyl sites for hydroxylation is 1. The predicted molar refractivity (Wildman–Crippen MR) is 79.4 cm³/mol. The molecule has 1 amide bonds. The van der Waals surface area contributed by atoms with Gasteiger partial charge in [0.2, 0.25) is 0 Å². The summed E-state index contributed by atoms with van der Waals surface area (Å²) in [5.41, 5.74) is 0.892. The minimum absolute atomic E-state index is 0.0439. The second-order valence-electron chi connectivity index (χ2n) is 4.16. The first kappa shape index (κ1) is 15.0. The van der Waals surface area contributed by atoms with E-state index in [9.17, 15) is 13.2 Å². The molecule has 0 atom stereocenters. The Morgan fingerprint density at radius 3 is 2.65 bits per heavy atom. The third kappa shape index (κ3) is 3.36. The predicted octanol–water partition coefficient (Wildman–Crippen LogP) is 2.76. The summed E-state index contributed by atoms with van der Waals surface area (Å²) in [4.78, 5) is 16.2. The molecule has 0 spiro atoms. The minimum Gasteiger partial charge on any atom is -0.298 e. The van der Waals surface area contributed by atoms with Gasteiger partial charge in [0.05, 0.1) is 21.2 Å². The van der Waals surface area contributed by atoms with Crippen LogP contribution < -0.4 is 5.32 Å². The number of carbonyl (C=O) groups is 1. The van der Waals surface area contributed by atoms with Gasteiger partial charge in [-0.25, -0.2) is 13.4 Å². The van der Waals surface area contributed by atoms with Gasteiger partial charge in [-0.3, -0.25) is 10.1 Å². The number of nitrogens with one attached hydrogen (secondary N) is 1. The molecule has 0 aliphatic heterocycles. The highest BCUT2D eigenvalue weighted by Crippen LogP contribution is 2.22. The third-order valence-electron chi connectivity index (χ3n) is 2.45. The average molecular weight is 331 g/mol. The van der Waals surface area contributed by atoms with Gasteiger partial charge < -0.3 is 0 Å². The first-order chi connectivity index (χ1) is 9.27. The molecule has 0 radical (unpaired) electrons. The Balaban J connectivity index is 2.34. The summed E-state index contributed by atoms with van der Waals surface area (Å²) >= 11 is 7.22. The molecule has 1 aromatic carbocycles. The Kier molecular flexibility index (Phi) is 4.12. The smallest absolute Gasteiger partial charge is 0.259 e. The summed E-state index contributed by atoms with van der Waals surface area (Å²) in [6.45, 7) is 1.81. The Labute approximate surface area is 125 Å². The third-order valence-corrected chi connectivity index (χ3v) is 4.77. The fraction of sp³-hybridized carbons (Fsp3) is 0.167. The Hall–Kier alpha value is -1.44. The number of hydrogen-bond donors (Lipinski definition) is 1. The highest BCUT2D eigenvalue weighted by molar-refractivity contribution is 7.90. The van der Waals surface area contributed by atoms with E-state index in [-0.39, 0.29) is 15.5 Å². The van der Waals surface area contributed by atoms with Crippen LogP contribution >= 0.6 is 22.9 Å². The zero-order chi connectivity index (χ0) is 14.9. The van der Waals surface area contributed by atoms with Crippen LogP contribution in [0.2, 0.25) is 5.02 Å². The minimum atomic E-state index is -3.40. The number of halogens is 1. The van der Waals surface area contributed by atoms with Crippen molar-refractivity contribution in [2.45, 2.75) is 11.8 Å². The molecule has 1 aromatic heterocycles. The van der Waals surface area contributed by atoms with Crippen LogP contribution in [0.25, 0.3) is 0 Å². The Bertz CT molecular complexity index is 769. The molecular formula is C12H11ClN2O3S2. The van der Waals surface area contributed by atoms with Crippen LogP contribution in [-0.2, 0) is 9.84 Å². The van der Waals surface area contributed by atoms with Gasteiger partial charge in [-0.2, -0.15) is 0 Å². The quantitative estimate of drug-likeness (QED) is 0.938. The van der Waals surface area contributed by atoms with Crippen molar-refractivity contribution in [3.63, 3.8) is 0 Å². The summed E-state index contributed by atoms with van der Waals surface area (Å²) < 4.78 is 23.0. The van der Waals surface area contributed by atoms with Crippen LogP contribution in [0.5, 0.6) is 0 Å². The maximum absolute atomic E-state index is 12.1. The highest BCUT2D eigenvalue weighted by atomic mass is 35.5. The van der Waals surface area contributed by atoms with Crippen molar-refractivity contribution in [3.05, 3.63) is 39.9 Å². The van der Waals surface area contributed by atoms with Crippen LogP contribution in [0.4, 0.5) is 5.13 Å². The number of benzene rings is 1. The topological polar surface area (TPSA) is 76.1 Å². The summed E-state index contributed by atoms with van der Waals surface area (Å²) in [6.07, 6.45) is 1.07. The monoisotopic (exact) mass is 330 g/mol. The maximum Gasteiger partial charge on any atom is 0.259 e. The van der Waals surface area contributed by atoms with Gasteiger partial charge in [0.15, 0.2) is 15.0 Å². The van der Waals surface area contributed by atoms with Gasteiger partial charge >= 0.3 is 0 Å². The molecule has 1 N–H and O–H groups in total. The van der Waals surface area contributed by atoms with E-state index < -0.39 is 15.7 Å². The number of aromatic nitrogens is 1. The molecule has 8 heteroatoms. The molecule has 2 rings (SSSR count). The number of hydrogen-bond acceptors (Lipinski definition) is 5. The molecule has 20 heavy (non-hydrogen) atoms. The van der Waals surface area contributed by atoms with Gasteiger partial charge in [0, 0.05) is 11.6 Å². The van der Waals surface area contributed by atoms with E-state index in [0.29, 0.717) is 5.13 Å². The fourth-order valence-corrected chi connectivity index (χ4v) is 3.02. The van der Waals surface area contributed by atoms with E-state index in [4.69, 9.17) is 11.6 Å². The molecule has 5 nitrogen and oxygen atoms in total. The highest BCUT2D eigenvalue weighted by Gasteiger charge is 2.16. The fourth-order valence-electron chi connectivity index (χ4n) is 1.48. The number of sulfone groups is 1. The van der Waals surface area contributed by atoms with E-state index in [1.807, 2.05) is 6.92 Å². The molecule has 0 bridgehead atoms. The lowest BCUT2D eigenvalue weighted by Crippen LogP contribution is -2.13. The van der Waals surface area contributed by atoms with E-state index in [0.717, 1.165) is 11.9 Å². The molecule has 0 fully saturated rings. The van der Waals surface area contributed by atoms with E-state index in [1.165, 1.54) is 29.5 Å². The lowest BCUT2D eigenvalue weighted by Gasteiger charge is -2.06. The number of amides is 1. The van der Waals surface area contributed by atoms with Crippen molar-refractivity contribution in [2.24, 2.45) is 0 Å². The molecule has 1 heterocycles. The average Bonchev–Trinajstić information content (AvgIpc) is 2.73. The van der Waals surface area contributed by atoms with E-state index in [2.05, 4.69) is 10.3 Å². The summed E-state index contributed by atoms with van der Waals surface area (Å²) in [5.74, 6) is -0.491. The molecule has 0 unspecified atom stereocenters. The number of anilines is 1. The second-order valence-corrected chi connectivity index (χ2v) is 7.44. The summed E-state index contributed by atoms with van der Waals surface area (Å²) in [7, 11) is -3.40. The van der Waals surface area contributed by atoms with Crippen LogP contribution in [0.3, 0.4) is 0 Å². The summed E-state index contributed by atoms with van der Waals surface area (Å²) in [5, 5.41) is 5.01. The van der Waals surface area contributed by atoms with Crippen LogP contribution in [0.15, 0.2) is 28.5 Å². The van der Waals surface area contributed by atoms with Crippen molar-refractivity contribution in [2.75, 3.05) is 11.6 Å². The van der Waals surface area contributed by atoms with Crippen molar-refractivity contribution in [3.8, 4) is 0 Å². The van der Waals surface area contributed by atoms with Crippen LogP contribution in [-0.4, -0.2) is 25.6 Å². The second kappa shape index (κ2) is 5.51. The maximum atomic E-state index is 12.1. The van der Waals surface area contributed by atoms with Crippen molar-refractivity contribution < 1.29 is 13.2 Å². The number of rotatable bonds is 3. The van der Waals surface area contributed by atoms with Crippen LogP contribution in [0, 0.1) is 6.92 Å². The molecular weight excluding hydrogens is 320 g/mol. The lowest BCUT2D eigenvalue weighted by molar-refractivity contribution is 0.102. The first-order valence-electron chi connectivity index (χ1n) is 5.50. The van der Waals surface area contributed by atoms with Crippen molar-refractivity contribution >= 4 is 43.8 Å². The van der Waals surface area contributed by atoms with Gasteiger partial charge in [0.1, 0.15) is 0 Å². The van der Waals surface area contributed by atoms with E-state index in [1.54, 1.807) is 5.38 Å². The number of nitrogens with zero attached hydrogens (tertiary/aromatic N) is 1. The van der Waals surface area contributed by atoms with Gasteiger partial charge in [-0.15, -0.1) is 11.3 Å². The first-order valence-corrected chi connectivity index (χ1v) is 8.65. The standard InChI is InChI=1S/C12H11ClN2O3S2/c1-7-6-19-12(14-7)15-11(16)9-5-8(20(2,17)18)3-4-10(9)13/h3-6H,1-2H3,(H,14,15,16). The zero-order valence-electron chi connectivity index (χ0n) is 10.7. The van der Waals surface area contributed by atoms with Crippen LogP contribution in [0.1, 0.15) is 16.1 Å². The Morgan fingerprint density at radius 1 is 1.40 bits per heavy atom. The molecule has 0 saturated heterocycles. The SMILES string of the molecule is Cc1csc(NC(=O)c2cc(S(C)(=O)=O)ccc2Cl)n1. The van der Waals surface area contributed by atoms with Crippen molar-refractivity contribution in [1.29, 1.82) is 0 Å². The lowest BCUT2D eigenvalue weighted by atomic mass is 10.2. The van der Waals surface area contributed by atoms with Gasteiger partial charge in [-0.1, -0.05) is 11.6 Å². The van der Waals surface area contributed by atoms with E-state index >= 15 is 0 Å². The molecule has 2 aromatic rings. The van der Waals surface area contributed by atoms with Gasteiger partial charge in [0.25, 0.3) is 5.91 Å². The number of carbonyl (C=O) groups excluding carboxylic acids is 1. The zero-order valence-corrected chi connectivity index (χ0v) is 13.1. The molecule has 0 aliphatic carbocycles. The largest absolute Gasteiger partial charge is 0.298 e. The summed E-state index contributed by atoms with van der Waals surface area (Å²) in [6, 6.07) is 4.01.